The van der Waals surface area contributed by atoms with Gasteiger partial charge in [-0.2, -0.15) is 0 Å². The van der Waals surface area contributed by atoms with Crippen molar-refractivity contribution in [3.05, 3.63) is 10.6 Å². The van der Waals surface area contributed by atoms with Crippen LogP contribution in [-0.4, -0.2) is 34.9 Å². The van der Waals surface area contributed by atoms with E-state index in [9.17, 15) is 4.79 Å². The van der Waals surface area contributed by atoms with Gasteiger partial charge >= 0.3 is 0 Å². The maximum Gasteiger partial charge on any atom is 0.243 e. The van der Waals surface area contributed by atoms with Crippen molar-refractivity contribution in [2.75, 3.05) is 18.4 Å². The van der Waals surface area contributed by atoms with E-state index in [1.54, 1.807) is 11.3 Å². The molecule has 0 unspecified atom stereocenters. The van der Waals surface area contributed by atoms with Crippen LogP contribution in [0.1, 0.15) is 31.3 Å². The number of hydrogen-bond acceptors (Lipinski definition) is 5. The Hall–Kier alpha value is -0.980. The lowest BCUT2D eigenvalue weighted by molar-refractivity contribution is -0.118. The van der Waals surface area contributed by atoms with E-state index in [1.165, 1.54) is 4.88 Å². The van der Waals surface area contributed by atoms with Gasteiger partial charge in [0.1, 0.15) is 0 Å². The molecule has 1 aliphatic rings. The summed E-state index contributed by atoms with van der Waals surface area (Å²) in [5.41, 5.74) is 6.96. The van der Waals surface area contributed by atoms with Crippen LogP contribution in [0.4, 0.5) is 5.13 Å². The van der Waals surface area contributed by atoms with E-state index in [0.29, 0.717) is 5.13 Å². The first kappa shape index (κ1) is 14.4. The third-order valence-corrected chi connectivity index (χ3v) is 4.51. The summed E-state index contributed by atoms with van der Waals surface area (Å²) in [6.45, 7) is 9.09. The van der Waals surface area contributed by atoms with Crippen LogP contribution in [0, 0.1) is 5.92 Å². The van der Waals surface area contributed by atoms with Gasteiger partial charge in [0.2, 0.25) is 5.91 Å². The molecule has 0 radical (unpaired) electrons. The Kier molecular flexibility index (Phi) is 4.54. The fourth-order valence-electron chi connectivity index (χ4n) is 2.06. The molecule has 1 amide bonds. The van der Waals surface area contributed by atoms with Gasteiger partial charge in [-0.25, -0.2) is 4.98 Å². The Balaban J connectivity index is 2.04. The number of rotatable bonds is 4. The summed E-state index contributed by atoms with van der Waals surface area (Å²) in [5, 5.41) is 3.52. The normalized spacial score (nSPS) is 17.3. The third-order valence-electron chi connectivity index (χ3n) is 3.51. The first-order valence-electron chi connectivity index (χ1n) is 6.78. The molecule has 19 heavy (non-hydrogen) atoms. The van der Waals surface area contributed by atoms with Crippen molar-refractivity contribution < 1.29 is 4.79 Å². The molecule has 0 aromatic carbocycles. The van der Waals surface area contributed by atoms with E-state index in [4.69, 9.17) is 5.73 Å². The minimum absolute atomic E-state index is 0.130. The van der Waals surface area contributed by atoms with Crippen LogP contribution in [-0.2, 0) is 17.8 Å². The molecule has 2 rings (SSSR count). The van der Waals surface area contributed by atoms with Crippen molar-refractivity contribution >= 4 is 22.4 Å². The fraction of sp³-hybridized carbons (Fsp3) is 0.692. The fourth-order valence-corrected chi connectivity index (χ4v) is 3.12. The summed E-state index contributed by atoms with van der Waals surface area (Å²) in [6.07, 6.45) is 0.964. The molecule has 5 nitrogen and oxygen atoms in total. The predicted octanol–water partition coefficient (Wildman–Crippen LogP) is 1.44. The Morgan fingerprint density at radius 1 is 1.58 bits per heavy atom. The van der Waals surface area contributed by atoms with Crippen molar-refractivity contribution in [1.29, 1.82) is 0 Å². The molecule has 0 bridgehead atoms. The number of carbonyl (C=O) groups excluding carboxylic acids is 1. The van der Waals surface area contributed by atoms with E-state index < -0.39 is 6.04 Å². The Morgan fingerprint density at radius 3 is 2.95 bits per heavy atom. The largest absolute Gasteiger partial charge is 0.320 e. The molecule has 3 N–H and O–H groups in total. The van der Waals surface area contributed by atoms with Gasteiger partial charge in [-0.3, -0.25) is 9.69 Å². The Labute approximate surface area is 118 Å². The Bertz CT molecular complexity index is 457. The van der Waals surface area contributed by atoms with Gasteiger partial charge in [0.25, 0.3) is 0 Å². The topological polar surface area (TPSA) is 71.2 Å². The summed E-state index contributed by atoms with van der Waals surface area (Å²) < 4.78 is 0. The van der Waals surface area contributed by atoms with Crippen LogP contribution in [0.3, 0.4) is 0 Å². The number of nitrogens with zero attached hydrogens (tertiary/aromatic N) is 2. The van der Waals surface area contributed by atoms with E-state index in [2.05, 4.69) is 22.1 Å². The van der Waals surface area contributed by atoms with Crippen molar-refractivity contribution in [1.82, 2.24) is 9.88 Å². The molecule has 0 fully saturated rings. The maximum absolute atomic E-state index is 11.9. The van der Waals surface area contributed by atoms with Gasteiger partial charge in [0.15, 0.2) is 5.13 Å². The van der Waals surface area contributed by atoms with E-state index in [1.807, 2.05) is 13.8 Å². The number of nitrogens with one attached hydrogen (secondary N) is 1. The molecule has 1 aromatic rings. The SMILES string of the molecule is CCN1CCc2nc(NC(=O)[C@@H](N)C(C)C)sc2C1. The number of hydrogen-bond donors (Lipinski definition) is 2. The quantitative estimate of drug-likeness (QED) is 0.876. The van der Waals surface area contributed by atoms with E-state index in [-0.39, 0.29) is 11.8 Å². The summed E-state index contributed by atoms with van der Waals surface area (Å²) in [4.78, 5) is 20.1. The van der Waals surface area contributed by atoms with Gasteiger partial charge < -0.3 is 11.1 Å². The highest BCUT2D eigenvalue weighted by atomic mass is 32.1. The van der Waals surface area contributed by atoms with Gasteiger partial charge in [0.05, 0.1) is 11.7 Å². The number of fused-ring (bicyclic) bond motifs is 1. The first-order valence-corrected chi connectivity index (χ1v) is 7.60. The van der Waals surface area contributed by atoms with Crippen molar-refractivity contribution in [3.8, 4) is 0 Å². The van der Waals surface area contributed by atoms with Crippen molar-refractivity contribution in [3.63, 3.8) is 0 Å². The van der Waals surface area contributed by atoms with Crippen LogP contribution < -0.4 is 11.1 Å². The molecular formula is C13H22N4OS. The third kappa shape index (κ3) is 3.32. The van der Waals surface area contributed by atoms with Crippen LogP contribution >= 0.6 is 11.3 Å². The van der Waals surface area contributed by atoms with Crippen LogP contribution in [0.2, 0.25) is 0 Å². The van der Waals surface area contributed by atoms with Gasteiger partial charge in [0, 0.05) is 24.4 Å². The number of thiazole rings is 1. The average molecular weight is 282 g/mol. The summed E-state index contributed by atoms with van der Waals surface area (Å²) in [5.74, 6) is -0.0152. The van der Waals surface area contributed by atoms with Gasteiger partial charge in [-0.05, 0) is 12.5 Å². The van der Waals surface area contributed by atoms with Gasteiger partial charge in [-0.15, -0.1) is 11.3 Å². The second-order valence-corrected chi connectivity index (χ2v) is 6.35. The molecule has 1 aromatic heterocycles. The van der Waals surface area contributed by atoms with Crippen LogP contribution in [0.25, 0.3) is 0 Å². The molecule has 0 spiro atoms. The number of nitrogens with two attached hydrogens (primary N) is 1. The molecular weight excluding hydrogens is 260 g/mol. The summed E-state index contributed by atoms with van der Waals surface area (Å²) in [6, 6.07) is -0.479. The minimum Gasteiger partial charge on any atom is -0.320 e. The lowest BCUT2D eigenvalue weighted by Gasteiger charge is -2.23. The van der Waals surface area contributed by atoms with Gasteiger partial charge in [-0.1, -0.05) is 20.8 Å². The van der Waals surface area contributed by atoms with Crippen LogP contribution in [0.15, 0.2) is 0 Å². The number of carbonyl (C=O) groups is 1. The molecule has 0 aliphatic carbocycles. The minimum atomic E-state index is -0.479. The van der Waals surface area contributed by atoms with Crippen molar-refractivity contribution in [2.24, 2.45) is 11.7 Å². The highest BCUT2D eigenvalue weighted by Crippen LogP contribution is 2.28. The van der Waals surface area contributed by atoms with Crippen molar-refractivity contribution in [2.45, 2.75) is 39.8 Å². The lowest BCUT2D eigenvalue weighted by Crippen LogP contribution is -2.39. The maximum atomic E-state index is 11.9. The zero-order chi connectivity index (χ0) is 14.0. The molecule has 1 atom stereocenters. The van der Waals surface area contributed by atoms with Crippen LogP contribution in [0.5, 0.6) is 0 Å². The molecule has 0 saturated carbocycles. The zero-order valence-electron chi connectivity index (χ0n) is 11.8. The lowest BCUT2D eigenvalue weighted by atomic mass is 10.1. The number of amides is 1. The van der Waals surface area contributed by atoms with E-state index in [0.717, 1.165) is 31.7 Å². The smallest absolute Gasteiger partial charge is 0.243 e. The Morgan fingerprint density at radius 2 is 2.32 bits per heavy atom. The zero-order valence-corrected chi connectivity index (χ0v) is 12.6. The molecule has 6 heteroatoms. The first-order chi connectivity index (χ1) is 9.01. The molecule has 0 saturated heterocycles. The van der Waals surface area contributed by atoms with E-state index >= 15 is 0 Å². The summed E-state index contributed by atoms with van der Waals surface area (Å²) >= 11 is 1.57. The predicted molar refractivity (Wildman–Crippen MR) is 78.2 cm³/mol. The molecule has 1 aliphatic heterocycles. The highest BCUT2D eigenvalue weighted by Gasteiger charge is 2.22. The highest BCUT2D eigenvalue weighted by molar-refractivity contribution is 7.15. The monoisotopic (exact) mass is 282 g/mol. The second kappa shape index (κ2) is 5.98. The summed E-state index contributed by atoms with van der Waals surface area (Å²) in [7, 11) is 0. The average Bonchev–Trinajstić information content (AvgIpc) is 2.78. The molecule has 106 valence electrons. The molecule has 2 heterocycles. The standard InChI is InChI=1S/C13H22N4OS/c1-4-17-6-5-9-10(7-17)19-13(15-9)16-12(18)11(14)8(2)3/h8,11H,4-7,14H2,1-3H3,(H,15,16,18)/t11-/m0/s1. The second-order valence-electron chi connectivity index (χ2n) is 5.27. The number of aromatic nitrogens is 1. The number of anilines is 1. The number of likely N-dealkylation sites (N-methyl/N-ethyl adjacent to an activating group) is 1.